The normalized spacial score (nSPS) is 29.5. The number of hydrogen-bond donors (Lipinski definition) is 2. The van der Waals surface area contributed by atoms with Crippen LogP contribution in [0, 0.1) is 18.8 Å². The monoisotopic (exact) mass is 245 g/mol. The van der Waals surface area contributed by atoms with Crippen LogP contribution in [0.5, 0.6) is 0 Å². The van der Waals surface area contributed by atoms with Crippen molar-refractivity contribution in [1.82, 2.24) is 0 Å². The molecular formula is C15H19NO2. The smallest absolute Gasteiger partial charge is 0.336 e. The molecule has 96 valence electrons. The Morgan fingerprint density at radius 3 is 2.78 bits per heavy atom. The molecule has 1 aromatic carbocycles. The maximum atomic E-state index is 11.1. The second-order valence-corrected chi connectivity index (χ2v) is 5.71. The topological polar surface area (TPSA) is 49.3 Å². The van der Waals surface area contributed by atoms with E-state index in [1.54, 1.807) is 6.07 Å². The number of benzene rings is 1. The van der Waals surface area contributed by atoms with Crippen LogP contribution in [0.3, 0.4) is 0 Å². The molecule has 0 radical (unpaired) electrons. The van der Waals surface area contributed by atoms with Gasteiger partial charge in [-0.25, -0.2) is 4.79 Å². The first-order valence-electron chi connectivity index (χ1n) is 6.74. The first-order chi connectivity index (χ1) is 8.65. The van der Waals surface area contributed by atoms with E-state index in [0.717, 1.165) is 23.1 Å². The van der Waals surface area contributed by atoms with Gasteiger partial charge in [-0.2, -0.15) is 0 Å². The van der Waals surface area contributed by atoms with Crippen molar-refractivity contribution < 1.29 is 9.90 Å². The van der Waals surface area contributed by atoms with Gasteiger partial charge in [0.2, 0.25) is 0 Å². The highest BCUT2D eigenvalue weighted by Crippen LogP contribution is 2.45. The van der Waals surface area contributed by atoms with Crippen LogP contribution in [0.4, 0.5) is 5.69 Å². The summed E-state index contributed by atoms with van der Waals surface area (Å²) in [7, 11) is 0. The summed E-state index contributed by atoms with van der Waals surface area (Å²) in [6.45, 7) is 1.89. The van der Waals surface area contributed by atoms with Crippen molar-refractivity contribution in [1.29, 1.82) is 0 Å². The SMILES string of the molecule is Cc1c(NC2CC3CCC2C3)cccc1C(=O)O. The Balaban J connectivity index is 1.81. The van der Waals surface area contributed by atoms with E-state index in [0.29, 0.717) is 11.6 Å². The van der Waals surface area contributed by atoms with Gasteiger partial charge >= 0.3 is 5.97 Å². The summed E-state index contributed by atoms with van der Waals surface area (Å²) >= 11 is 0. The van der Waals surface area contributed by atoms with E-state index in [2.05, 4.69) is 5.32 Å². The van der Waals surface area contributed by atoms with Crippen LogP contribution in [-0.2, 0) is 0 Å². The van der Waals surface area contributed by atoms with Crippen molar-refractivity contribution in [3.63, 3.8) is 0 Å². The summed E-state index contributed by atoms with van der Waals surface area (Å²) in [5, 5.41) is 12.7. The highest BCUT2D eigenvalue weighted by molar-refractivity contribution is 5.91. The summed E-state index contributed by atoms with van der Waals surface area (Å²) in [5.41, 5.74) is 2.25. The van der Waals surface area contributed by atoms with Crippen molar-refractivity contribution >= 4 is 11.7 Å². The lowest BCUT2D eigenvalue weighted by molar-refractivity contribution is 0.0696. The molecule has 3 nitrogen and oxygen atoms in total. The predicted molar refractivity (Wildman–Crippen MR) is 71.0 cm³/mol. The van der Waals surface area contributed by atoms with E-state index in [1.807, 2.05) is 19.1 Å². The van der Waals surface area contributed by atoms with Crippen molar-refractivity contribution in [2.75, 3.05) is 5.32 Å². The van der Waals surface area contributed by atoms with Gasteiger partial charge in [0, 0.05) is 11.7 Å². The molecule has 0 amide bonds. The molecule has 0 aliphatic heterocycles. The number of rotatable bonds is 3. The maximum absolute atomic E-state index is 11.1. The summed E-state index contributed by atoms with van der Waals surface area (Å²) in [6.07, 6.45) is 5.33. The first kappa shape index (κ1) is 11.6. The maximum Gasteiger partial charge on any atom is 0.336 e. The van der Waals surface area contributed by atoms with Gasteiger partial charge < -0.3 is 10.4 Å². The quantitative estimate of drug-likeness (QED) is 0.859. The van der Waals surface area contributed by atoms with Crippen molar-refractivity contribution in [3.05, 3.63) is 29.3 Å². The molecule has 1 aromatic rings. The zero-order chi connectivity index (χ0) is 12.7. The predicted octanol–water partition coefficient (Wildman–Crippen LogP) is 3.29. The summed E-state index contributed by atoms with van der Waals surface area (Å²) in [6, 6.07) is 6.04. The zero-order valence-electron chi connectivity index (χ0n) is 10.6. The standard InChI is InChI=1S/C15H19NO2/c1-9-12(15(17)18)3-2-4-13(9)16-14-8-10-5-6-11(14)7-10/h2-4,10-11,14,16H,5-8H2,1H3,(H,17,18). The van der Waals surface area contributed by atoms with E-state index in [-0.39, 0.29) is 0 Å². The number of aromatic carboxylic acids is 1. The van der Waals surface area contributed by atoms with Crippen LogP contribution < -0.4 is 5.32 Å². The summed E-state index contributed by atoms with van der Waals surface area (Å²) < 4.78 is 0. The number of nitrogens with one attached hydrogen (secondary N) is 1. The summed E-state index contributed by atoms with van der Waals surface area (Å²) in [4.78, 5) is 11.1. The van der Waals surface area contributed by atoms with Crippen LogP contribution in [0.25, 0.3) is 0 Å². The van der Waals surface area contributed by atoms with E-state index >= 15 is 0 Å². The average molecular weight is 245 g/mol. The Hall–Kier alpha value is -1.51. The molecule has 0 heterocycles. The fraction of sp³-hybridized carbons (Fsp3) is 0.533. The number of carboxylic acid groups (broad SMARTS) is 1. The van der Waals surface area contributed by atoms with Gasteiger partial charge in [-0.15, -0.1) is 0 Å². The molecule has 3 unspecified atom stereocenters. The minimum Gasteiger partial charge on any atom is -0.478 e. The van der Waals surface area contributed by atoms with Crippen LogP contribution in [-0.4, -0.2) is 17.1 Å². The van der Waals surface area contributed by atoms with E-state index in [9.17, 15) is 4.79 Å². The zero-order valence-corrected chi connectivity index (χ0v) is 10.6. The number of hydrogen-bond acceptors (Lipinski definition) is 2. The fourth-order valence-electron chi connectivity index (χ4n) is 3.64. The molecule has 2 aliphatic rings. The lowest BCUT2D eigenvalue weighted by Crippen LogP contribution is -2.26. The van der Waals surface area contributed by atoms with Gasteiger partial charge in [0.25, 0.3) is 0 Å². The summed E-state index contributed by atoms with van der Waals surface area (Å²) in [5.74, 6) is 0.849. The van der Waals surface area contributed by atoms with Gasteiger partial charge in [-0.1, -0.05) is 12.5 Å². The van der Waals surface area contributed by atoms with Crippen LogP contribution in [0.2, 0.25) is 0 Å². The largest absolute Gasteiger partial charge is 0.478 e. The van der Waals surface area contributed by atoms with Gasteiger partial charge in [-0.3, -0.25) is 0 Å². The highest BCUT2D eigenvalue weighted by atomic mass is 16.4. The van der Waals surface area contributed by atoms with Crippen molar-refractivity contribution in [3.8, 4) is 0 Å². The van der Waals surface area contributed by atoms with E-state index in [1.165, 1.54) is 25.7 Å². The second-order valence-electron chi connectivity index (χ2n) is 5.71. The Bertz CT molecular complexity index is 483. The van der Waals surface area contributed by atoms with Gasteiger partial charge in [0.05, 0.1) is 5.56 Å². The van der Waals surface area contributed by atoms with Gasteiger partial charge in [0.1, 0.15) is 0 Å². The third-order valence-corrected chi connectivity index (χ3v) is 4.64. The molecule has 2 N–H and O–H groups in total. The fourth-order valence-corrected chi connectivity index (χ4v) is 3.64. The Labute approximate surface area is 107 Å². The first-order valence-corrected chi connectivity index (χ1v) is 6.74. The molecule has 3 atom stereocenters. The lowest BCUT2D eigenvalue weighted by Gasteiger charge is -2.25. The van der Waals surface area contributed by atoms with Crippen LogP contribution in [0.15, 0.2) is 18.2 Å². The molecule has 0 saturated heterocycles. The Kier molecular flexibility index (Phi) is 2.77. The minimum absolute atomic E-state index is 0.406. The Morgan fingerprint density at radius 2 is 2.17 bits per heavy atom. The molecule has 0 spiro atoms. The highest BCUT2D eigenvalue weighted by Gasteiger charge is 2.39. The van der Waals surface area contributed by atoms with Gasteiger partial charge in [0.15, 0.2) is 0 Å². The molecule has 3 heteroatoms. The molecule has 0 aromatic heterocycles. The van der Waals surface area contributed by atoms with Gasteiger partial charge in [-0.05, 0) is 55.7 Å². The number of carbonyl (C=O) groups is 1. The second kappa shape index (κ2) is 4.30. The third-order valence-electron chi connectivity index (χ3n) is 4.64. The van der Waals surface area contributed by atoms with Crippen molar-refractivity contribution in [2.45, 2.75) is 38.6 Å². The molecule has 18 heavy (non-hydrogen) atoms. The number of carboxylic acids is 1. The Morgan fingerprint density at radius 1 is 1.33 bits per heavy atom. The van der Waals surface area contributed by atoms with E-state index < -0.39 is 5.97 Å². The molecule has 2 fully saturated rings. The average Bonchev–Trinajstić information content (AvgIpc) is 2.93. The lowest BCUT2D eigenvalue weighted by atomic mass is 9.94. The number of anilines is 1. The third kappa shape index (κ3) is 1.88. The molecular weight excluding hydrogens is 226 g/mol. The molecule has 3 rings (SSSR count). The molecule has 2 aliphatic carbocycles. The molecule has 2 saturated carbocycles. The minimum atomic E-state index is -0.843. The molecule has 2 bridgehead atoms. The number of fused-ring (bicyclic) bond motifs is 2. The van der Waals surface area contributed by atoms with Crippen LogP contribution >= 0.6 is 0 Å². The van der Waals surface area contributed by atoms with Crippen molar-refractivity contribution in [2.24, 2.45) is 11.8 Å². The van der Waals surface area contributed by atoms with Crippen LogP contribution in [0.1, 0.15) is 41.6 Å². The van der Waals surface area contributed by atoms with E-state index in [4.69, 9.17) is 5.11 Å².